The molecular formula is C32H45N3O3. The summed E-state index contributed by atoms with van der Waals surface area (Å²) in [6, 6.07) is 15.8. The third kappa shape index (κ3) is 8.23. The number of carbonyl (C=O) groups excluding carboxylic acids is 2. The first-order chi connectivity index (χ1) is 18.4. The number of carbonyl (C=O) groups is 2. The van der Waals surface area contributed by atoms with Gasteiger partial charge in [-0.25, -0.2) is 0 Å². The number of Topliss-reactive ketones (excluding diaryl/α,β-unsaturated/α-hetero) is 1. The lowest BCUT2D eigenvalue weighted by atomic mass is 9.84. The number of nitrogens with one attached hydrogen (secondary N) is 1. The summed E-state index contributed by atoms with van der Waals surface area (Å²) in [7, 11) is 0. The van der Waals surface area contributed by atoms with Crippen molar-refractivity contribution in [3.05, 3.63) is 70.8 Å². The van der Waals surface area contributed by atoms with Gasteiger partial charge in [-0.05, 0) is 80.2 Å². The Morgan fingerprint density at radius 1 is 1.00 bits per heavy atom. The first kappa shape index (κ1) is 28.5. The zero-order chi connectivity index (χ0) is 26.9. The predicted octanol–water partition coefficient (Wildman–Crippen LogP) is 4.54. The number of fused-ring (bicyclic) bond motifs is 1. The summed E-state index contributed by atoms with van der Waals surface area (Å²) in [5, 5.41) is 3.15. The van der Waals surface area contributed by atoms with Crippen molar-refractivity contribution in [3.63, 3.8) is 0 Å². The Labute approximate surface area is 228 Å². The van der Waals surface area contributed by atoms with Crippen LogP contribution in [0.3, 0.4) is 0 Å². The van der Waals surface area contributed by atoms with Crippen molar-refractivity contribution in [2.24, 2.45) is 17.6 Å². The number of ketones is 1. The van der Waals surface area contributed by atoms with Gasteiger partial charge >= 0.3 is 0 Å². The Morgan fingerprint density at radius 3 is 2.42 bits per heavy atom. The van der Waals surface area contributed by atoms with Crippen LogP contribution in [0.5, 0.6) is 0 Å². The number of amides is 1. The molecule has 1 heterocycles. The van der Waals surface area contributed by atoms with Gasteiger partial charge in [-0.3, -0.25) is 9.59 Å². The van der Waals surface area contributed by atoms with Crippen molar-refractivity contribution < 1.29 is 14.3 Å². The van der Waals surface area contributed by atoms with Crippen molar-refractivity contribution in [1.29, 1.82) is 0 Å². The lowest BCUT2D eigenvalue weighted by Gasteiger charge is -2.31. The van der Waals surface area contributed by atoms with Gasteiger partial charge in [0.05, 0.1) is 13.2 Å². The Balaban J connectivity index is 1.13. The summed E-state index contributed by atoms with van der Waals surface area (Å²) in [4.78, 5) is 27.6. The fourth-order valence-corrected chi connectivity index (χ4v) is 5.70. The van der Waals surface area contributed by atoms with Crippen molar-refractivity contribution in [2.75, 3.05) is 26.2 Å². The van der Waals surface area contributed by atoms with E-state index >= 15 is 0 Å². The van der Waals surface area contributed by atoms with Crippen molar-refractivity contribution in [2.45, 2.75) is 77.5 Å². The molecule has 1 amide bonds. The zero-order valence-electron chi connectivity index (χ0n) is 23.2. The van der Waals surface area contributed by atoms with E-state index in [1.165, 1.54) is 17.5 Å². The van der Waals surface area contributed by atoms with Crippen LogP contribution in [0.25, 0.3) is 0 Å². The molecule has 4 rings (SSSR count). The second-order valence-electron chi connectivity index (χ2n) is 11.5. The maximum Gasteiger partial charge on any atom is 0.239 e. The second-order valence-corrected chi connectivity index (χ2v) is 11.5. The molecule has 0 radical (unpaired) electrons. The highest BCUT2D eigenvalue weighted by atomic mass is 16.5. The molecule has 38 heavy (non-hydrogen) atoms. The lowest BCUT2D eigenvalue weighted by molar-refractivity contribution is -0.124. The normalized spacial score (nSPS) is 20.9. The Hall–Kier alpha value is -2.54. The quantitative estimate of drug-likeness (QED) is 0.426. The highest BCUT2D eigenvalue weighted by Gasteiger charge is 2.25. The third-order valence-corrected chi connectivity index (χ3v) is 8.20. The number of nitrogens with zero attached hydrogens (tertiary/aromatic N) is 1. The molecule has 1 aliphatic heterocycles. The minimum Gasteiger partial charge on any atom is -0.375 e. The van der Waals surface area contributed by atoms with E-state index in [2.05, 4.69) is 22.3 Å². The van der Waals surface area contributed by atoms with Crippen LogP contribution in [0.15, 0.2) is 48.5 Å². The molecule has 0 aromatic heterocycles. The van der Waals surface area contributed by atoms with E-state index in [0.717, 1.165) is 69.3 Å². The molecule has 0 unspecified atom stereocenters. The fraction of sp³-hybridized carbons (Fsp3) is 0.562. The predicted molar refractivity (Wildman–Crippen MR) is 152 cm³/mol. The summed E-state index contributed by atoms with van der Waals surface area (Å²) in [6.45, 7) is 7.89. The molecule has 6 heteroatoms. The number of benzene rings is 2. The van der Waals surface area contributed by atoms with E-state index in [-0.39, 0.29) is 30.3 Å². The van der Waals surface area contributed by atoms with Gasteiger partial charge in [0.2, 0.25) is 5.91 Å². The minimum absolute atomic E-state index is 0.0365. The van der Waals surface area contributed by atoms with Crippen LogP contribution in [0.4, 0.5) is 0 Å². The summed E-state index contributed by atoms with van der Waals surface area (Å²) >= 11 is 0. The molecule has 1 saturated carbocycles. The van der Waals surface area contributed by atoms with Crippen molar-refractivity contribution >= 4 is 11.7 Å². The first-order valence-corrected chi connectivity index (χ1v) is 14.4. The third-order valence-electron chi connectivity index (χ3n) is 8.20. The summed E-state index contributed by atoms with van der Waals surface area (Å²) in [5.74, 6) is 0.879. The van der Waals surface area contributed by atoms with Crippen LogP contribution in [-0.4, -0.2) is 54.9 Å². The van der Waals surface area contributed by atoms with E-state index in [1.54, 1.807) is 0 Å². The highest BCUT2D eigenvalue weighted by Crippen LogP contribution is 2.28. The van der Waals surface area contributed by atoms with Crippen LogP contribution in [0.2, 0.25) is 0 Å². The Bertz CT molecular complexity index is 1050. The standard InChI is InChI=1S/C32H45N3O3/c1-23(2)31(36)28-11-10-26-15-18-35(19-16-27(26)20-28)17-14-24-8-12-29(13-9-24)34-32(37)30(33)22-38-21-25-6-4-3-5-7-25/h3-7,10-11,20,23-24,29-30H,8-9,12-19,21-22,33H2,1-2H3,(H,34,37)/t24-,29-,30-/m0/s1. The first-order valence-electron chi connectivity index (χ1n) is 14.4. The number of ether oxygens (including phenoxy) is 1. The lowest BCUT2D eigenvalue weighted by Crippen LogP contribution is -2.48. The van der Waals surface area contributed by atoms with Gasteiger partial charge in [-0.2, -0.15) is 0 Å². The monoisotopic (exact) mass is 519 g/mol. The van der Waals surface area contributed by atoms with E-state index in [4.69, 9.17) is 10.5 Å². The Morgan fingerprint density at radius 2 is 1.71 bits per heavy atom. The summed E-state index contributed by atoms with van der Waals surface area (Å²) in [6.07, 6.45) is 7.63. The van der Waals surface area contributed by atoms with E-state index in [9.17, 15) is 9.59 Å². The van der Waals surface area contributed by atoms with E-state index in [1.807, 2.05) is 50.2 Å². The molecule has 3 N–H and O–H groups in total. The fourth-order valence-electron chi connectivity index (χ4n) is 5.70. The smallest absolute Gasteiger partial charge is 0.239 e. The SMILES string of the molecule is CC(C)C(=O)c1ccc2c(c1)CCN(CC[C@H]1CC[C@H](NC(=O)[C@@H](N)COCc3ccccc3)CC1)CC2. The topological polar surface area (TPSA) is 84.7 Å². The van der Waals surface area contributed by atoms with E-state index in [0.29, 0.717) is 12.5 Å². The molecule has 1 fully saturated rings. The van der Waals surface area contributed by atoms with Gasteiger partial charge in [-0.1, -0.05) is 56.3 Å². The molecule has 2 aromatic rings. The van der Waals surface area contributed by atoms with Crippen molar-refractivity contribution in [3.8, 4) is 0 Å². The largest absolute Gasteiger partial charge is 0.375 e. The van der Waals surface area contributed by atoms with Gasteiger partial charge < -0.3 is 20.7 Å². The molecule has 0 saturated heterocycles. The molecule has 1 aliphatic carbocycles. The van der Waals surface area contributed by atoms with Crippen LogP contribution < -0.4 is 11.1 Å². The number of hydrogen-bond acceptors (Lipinski definition) is 5. The van der Waals surface area contributed by atoms with Crippen LogP contribution in [0.1, 0.15) is 73.0 Å². The zero-order valence-corrected chi connectivity index (χ0v) is 23.2. The van der Waals surface area contributed by atoms with Crippen LogP contribution in [0, 0.1) is 11.8 Å². The molecule has 1 atom stereocenters. The Kier molecular flexibility index (Phi) is 10.5. The maximum atomic E-state index is 12.5. The molecule has 2 aromatic carbocycles. The molecule has 0 bridgehead atoms. The minimum atomic E-state index is -0.636. The number of hydrogen-bond donors (Lipinski definition) is 2. The second kappa shape index (κ2) is 14.0. The molecule has 0 spiro atoms. The van der Waals surface area contributed by atoms with Gasteiger partial charge in [0, 0.05) is 30.6 Å². The number of rotatable bonds is 11. The van der Waals surface area contributed by atoms with Gasteiger partial charge in [0.15, 0.2) is 5.78 Å². The summed E-state index contributed by atoms with van der Waals surface area (Å²) in [5.41, 5.74) is 10.8. The van der Waals surface area contributed by atoms with Gasteiger partial charge in [0.25, 0.3) is 0 Å². The molecule has 2 aliphatic rings. The summed E-state index contributed by atoms with van der Waals surface area (Å²) < 4.78 is 5.65. The van der Waals surface area contributed by atoms with Gasteiger partial charge in [-0.15, -0.1) is 0 Å². The number of nitrogens with two attached hydrogens (primary N) is 1. The molecular weight excluding hydrogens is 474 g/mol. The van der Waals surface area contributed by atoms with E-state index < -0.39 is 6.04 Å². The molecule has 206 valence electrons. The maximum absolute atomic E-state index is 12.5. The van der Waals surface area contributed by atoms with Gasteiger partial charge in [0.1, 0.15) is 6.04 Å². The average Bonchev–Trinajstić information content (AvgIpc) is 3.14. The highest BCUT2D eigenvalue weighted by molar-refractivity contribution is 5.97. The van der Waals surface area contributed by atoms with Crippen molar-refractivity contribution in [1.82, 2.24) is 10.2 Å². The van der Waals surface area contributed by atoms with Crippen LogP contribution in [-0.2, 0) is 29.0 Å². The molecule has 6 nitrogen and oxygen atoms in total. The average molecular weight is 520 g/mol. The van der Waals surface area contributed by atoms with Crippen LogP contribution >= 0.6 is 0 Å².